The summed E-state index contributed by atoms with van der Waals surface area (Å²) in [5, 5.41) is 0. The van der Waals surface area contributed by atoms with E-state index in [-0.39, 0.29) is 6.20 Å². The summed E-state index contributed by atoms with van der Waals surface area (Å²) in [4.78, 5) is 2.90. The van der Waals surface area contributed by atoms with E-state index in [0.29, 0.717) is 0 Å². The topological polar surface area (TPSA) is 22.1 Å². The zero-order valence-corrected chi connectivity index (χ0v) is 10.3. The van der Waals surface area contributed by atoms with E-state index in [2.05, 4.69) is 9.72 Å². The van der Waals surface area contributed by atoms with Gasteiger partial charge in [0.15, 0.2) is 0 Å². The molecule has 0 atom stereocenters. The van der Waals surface area contributed by atoms with Crippen molar-refractivity contribution in [3.05, 3.63) is 20.9 Å². The van der Waals surface area contributed by atoms with Crippen LogP contribution >= 0.6 is 22.6 Å². The monoisotopic (exact) mass is 389 g/mol. The van der Waals surface area contributed by atoms with E-state index in [9.17, 15) is 30.7 Å². The molecule has 10 heteroatoms. The average Bonchev–Trinajstić information content (AvgIpc) is 2.17. The molecule has 0 unspecified atom stereocenters. The molecule has 18 heavy (non-hydrogen) atoms. The van der Waals surface area contributed by atoms with Crippen LogP contribution in [0.3, 0.4) is 0 Å². The maximum atomic E-state index is 12.5. The van der Waals surface area contributed by atoms with Crippen LogP contribution < -0.4 is 4.74 Å². The number of hydrogen-bond acceptors (Lipinski definition) is 2. The standard InChI is InChI=1S/C8H3F7INO/c9-1-3-4(7(10,11)12)2-17-6(5(3)16)18-8(13,14)15/h2H,1H2. The molecule has 0 fully saturated rings. The highest BCUT2D eigenvalue weighted by molar-refractivity contribution is 14.1. The van der Waals surface area contributed by atoms with Crippen molar-refractivity contribution >= 4 is 22.6 Å². The van der Waals surface area contributed by atoms with Crippen molar-refractivity contribution in [1.82, 2.24) is 4.98 Å². The second-order valence-electron chi connectivity index (χ2n) is 2.95. The van der Waals surface area contributed by atoms with Crippen molar-refractivity contribution in [3.63, 3.8) is 0 Å². The van der Waals surface area contributed by atoms with Crippen molar-refractivity contribution in [1.29, 1.82) is 0 Å². The molecule has 0 aliphatic carbocycles. The van der Waals surface area contributed by atoms with E-state index >= 15 is 0 Å². The number of ether oxygens (including phenoxy) is 1. The molecule has 0 spiro atoms. The summed E-state index contributed by atoms with van der Waals surface area (Å²) in [7, 11) is 0. The number of hydrogen-bond donors (Lipinski definition) is 0. The number of nitrogens with zero attached hydrogens (tertiary/aromatic N) is 1. The van der Waals surface area contributed by atoms with Crippen LogP contribution in [0.5, 0.6) is 5.88 Å². The van der Waals surface area contributed by atoms with Crippen LogP contribution in [0.25, 0.3) is 0 Å². The molecule has 1 rings (SSSR count). The van der Waals surface area contributed by atoms with E-state index in [1.807, 2.05) is 0 Å². The fourth-order valence-electron chi connectivity index (χ4n) is 1.06. The molecule has 1 heterocycles. The van der Waals surface area contributed by atoms with Crippen molar-refractivity contribution in [2.75, 3.05) is 0 Å². The van der Waals surface area contributed by atoms with Gasteiger partial charge < -0.3 is 4.74 Å². The third-order valence-electron chi connectivity index (χ3n) is 1.74. The minimum atomic E-state index is -5.11. The zero-order valence-electron chi connectivity index (χ0n) is 8.16. The van der Waals surface area contributed by atoms with Gasteiger partial charge in [-0.05, 0) is 22.6 Å². The van der Waals surface area contributed by atoms with Crippen molar-refractivity contribution < 1.29 is 35.5 Å². The Labute approximate surface area is 109 Å². The molecule has 0 saturated carbocycles. The lowest BCUT2D eigenvalue weighted by molar-refractivity contribution is -0.276. The predicted octanol–water partition coefficient (Wildman–Crippen LogP) is 4.07. The normalized spacial score (nSPS) is 12.7. The number of alkyl halides is 7. The van der Waals surface area contributed by atoms with Crippen molar-refractivity contribution in [2.45, 2.75) is 19.2 Å². The fourth-order valence-corrected chi connectivity index (χ4v) is 1.74. The van der Waals surface area contributed by atoms with Gasteiger partial charge in [-0.1, -0.05) is 0 Å². The molecule has 0 aliphatic heterocycles. The van der Waals surface area contributed by atoms with Crippen LogP contribution in [0.15, 0.2) is 6.20 Å². The highest BCUT2D eigenvalue weighted by atomic mass is 127. The molecular weight excluding hydrogens is 386 g/mol. The molecule has 102 valence electrons. The summed E-state index contributed by atoms with van der Waals surface area (Å²) in [6.07, 6.45) is -9.90. The van der Waals surface area contributed by atoms with Crippen LogP contribution in [0.1, 0.15) is 11.1 Å². The first-order chi connectivity index (χ1) is 8.06. The van der Waals surface area contributed by atoms with Gasteiger partial charge in [0, 0.05) is 11.8 Å². The smallest absolute Gasteiger partial charge is 0.387 e. The first kappa shape index (κ1) is 15.2. The maximum Gasteiger partial charge on any atom is 0.574 e. The van der Waals surface area contributed by atoms with Gasteiger partial charge in [-0.25, -0.2) is 9.37 Å². The lowest BCUT2D eigenvalue weighted by Crippen LogP contribution is -2.20. The Bertz CT molecular complexity index is 442. The van der Waals surface area contributed by atoms with E-state index in [4.69, 9.17) is 0 Å². The van der Waals surface area contributed by atoms with Crippen LogP contribution in [-0.4, -0.2) is 11.3 Å². The average molecular weight is 389 g/mol. The van der Waals surface area contributed by atoms with Crippen LogP contribution in [0, 0.1) is 3.57 Å². The third-order valence-corrected chi connectivity index (χ3v) is 2.85. The summed E-state index contributed by atoms with van der Waals surface area (Å²) >= 11 is 1.12. The van der Waals surface area contributed by atoms with Gasteiger partial charge in [0.05, 0.1) is 9.13 Å². The quantitative estimate of drug-likeness (QED) is 0.562. The fraction of sp³-hybridized carbons (Fsp3) is 0.375. The van der Waals surface area contributed by atoms with Gasteiger partial charge in [0.1, 0.15) is 6.67 Å². The Kier molecular flexibility index (Phi) is 4.28. The molecule has 1 aromatic rings. The largest absolute Gasteiger partial charge is 0.574 e. The molecule has 0 aromatic carbocycles. The van der Waals surface area contributed by atoms with E-state index < -0.39 is 39.8 Å². The minimum Gasteiger partial charge on any atom is -0.387 e. The Morgan fingerprint density at radius 2 is 1.72 bits per heavy atom. The summed E-state index contributed by atoms with van der Waals surface area (Å²) in [5.74, 6) is -1.11. The van der Waals surface area contributed by atoms with Gasteiger partial charge in [-0.15, -0.1) is 13.2 Å². The molecule has 2 nitrogen and oxygen atoms in total. The Balaban J connectivity index is 3.29. The van der Waals surface area contributed by atoms with E-state index in [0.717, 1.165) is 22.6 Å². The van der Waals surface area contributed by atoms with Gasteiger partial charge in [-0.3, -0.25) is 0 Å². The van der Waals surface area contributed by atoms with Gasteiger partial charge in [0.25, 0.3) is 0 Å². The summed E-state index contributed by atoms with van der Waals surface area (Å²) in [5.41, 5.74) is -2.36. The Morgan fingerprint density at radius 3 is 2.11 bits per heavy atom. The highest BCUT2D eigenvalue weighted by Crippen LogP contribution is 2.37. The SMILES string of the molecule is FCc1c(C(F)(F)F)cnc(OC(F)(F)F)c1I. The van der Waals surface area contributed by atoms with Gasteiger partial charge >= 0.3 is 12.5 Å². The van der Waals surface area contributed by atoms with Crippen molar-refractivity contribution in [2.24, 2.45) is 0 Å². The third kappa shape index (κ3) is 3.59. The molecule has 1 aromatic heterocycles. The number of pyridine rings is 1. The van der Waals surface area contributed by atoms with Crippen LogP contribution in [0.4, 0.5) is 30.7 Å². The minimum absolute atomic E-state index is 0.109. The van der Waals surface area contributed by atoms with Gasteiger partial charge in [0.2, 0.25) is 5.88 Å². The summed E-state index contributed by atoms with van der Waals surface area (Å²) in [6, 6.07) is 0. The second kappa shape index (κ2) is 5.05. The highest BCUT2D eigenvalue weighted by Gasteiger charge is 2.38. The van der Waals surface area contributed by atoms with Crippen LogP contribution in [-0.2, 0) is 12.9 Å². The first-order valence-electron chi connectivity index (χ1n) is 4.12. The molecule has 0 amide bonds. The summed E-state index contributed by atoms with van der Waals surface area (Å²) < 4.78 is 88.2. The zero-order chi connectivity index (χ0) is 14.1. The number of aromatic nitrogens is 1. The van der Waals surface area contributed by atoms with E-state index in [1.165, 1.54) is 0 Å². The van der Waals surface area contributed by atoms with E-state index in [1.54, 1.807) is 0 Å². The maximum absolute atomic E-state index is 12.5. The molecule has 0 saturated heterocycles. The Morgan fingerprint density at radius 1 is 1.17 bits per heavy atom. The second-order valence-corrected chi connectivity index (χ2v) is 4.03. The summed E-state index contributed by atoms with van der Waals surface area (Å²) in [6.45, 7) is -1.58. The van der Waals surface area contributed by atoms with Gasteiger partial charge in [-0.2, -0.15) is 13.2 Å². The molecule has 0 radical (unpaired) electrons. The number of halogens is 8. The Hall–Kier alpha value is -0.810. The van der Waals surface area contributed by atoms with Crippen LogP contribution in [0.2, 0.25) is 0 Å². The molecule has 0 aliphatic rings. The lowest BCUT2D eigenvalue weighted by Gasteiger charge is -2.15. The molecule has 0 bridgehead atoms. The first-order valence-corrected chi connectivity index (χ1v) is 5.20. The van der Waals surface area contributed by atoms with Crippen molar-refractivity contribution in [3.8, 4) is 5.88 Å². The lowest BCUT2D eigenvalue weighted by atomic mass is 10.1. The molecular formula is C8H3F7INO. The predicted molar refractivity (Wildman–Crippen MR) is 53.5 cm³/mol. The number of rotatable bonds is 2. The molecule has 0 N–H and O–H groups in total.